The molecule has 0 aliphatic carbocycles. The van der Waals surface area contributed by atoms with Crippen molar-refractivity contribution < 1.29 is 4.39 Å². The third-order valence-corrected chi connectivity index (χ3v) is 1.92. The fraction of sp³-hybridized carbons (Fsp3) is 0.222. The van der Waals surface area contributed by atoms with Crippen LogP contribution in [0.3, 0.4) is 0 Å². The fourth-order valence-electron chi connectivity index (χ4n) is 0.701. The van der Waals surface area contributed by atoms with Gasteiger partial charge in [-0.1, -0.05) is 39.4 Å². The number of nitrogens with zero attached hydrogens (tertiary/aromatic N) is 1. The maximum absolute atomic E-state index is 12.8. The highest BCUT2D eigenvalue weighted by Crippen LogP contribution is 2.10. The molecule has 0 saturated heterocycles. The van der Waals surface area contributed by atoms with E-state index in [4.69, 9.17) is 11.6 Å². The van der Waals surface area contributed by atoms with Gasteiger partial charge in [-0.3, -0.25) is 0 Å². The standard InChI is InChI=1S/C9H6BrClFN/c10-4-2-1-3-7-5-8(12)9(11)13-6-7/h5-6H,2,4H2. The van der Waals surface area contributed by atoms with Gasteiger partial charge in [0, 0.05) is 23.5 Å². The summed E-state index contributed by atoms with van der Waals surface area (Å²) in [5.41, 5.74) is 0.544. The van der Waals surface area contributed by atoms with Crippen LogP contribution >= 0.6 is 27.5 Å². The molecule has 0 bridgehead atoms. The highest BCUT2D eigenvalue weighted by molar-refractivity contribution is 9.09. The Morgan fingerprint density at radius 3 is 3.00 bits per heavy atom. The van der Waals surface area contributed by atoms with Crippen LogP contribution in [0.25, 0.3) is 0 Å². The normalized spacial score (nSPS) is 9.15. The summed E-state index contributed by atoms with van der Waals surface area (Å²) >= 11 is 8.64. The van der Waals surface area contributed by atoms with Crippen LogP contribution in [0.2, 0.25) is 5.15 Å². The van der Waals surface area contributed by atoms with Crippen molar-refractivity contribution in [3.05, 3.63) is 28.8 Å². The molecule has 0 aromatic carbocycles. The van der Waals surface area contributed by atoms with E-state index in [1.54, 1.807) is 0 Å². The van der Waals surface area contributed by atoms with Gasteiger partial charge < -0.3 is 0 Å². The van der Waals surface area contributed by atoms with Gasteiger partial charge in [0.15, 0.2) is 11.0 Å². The van der Waals surface area contributed by atoms with Crippen LogP contribution in [0.5, 0.6) is 0 Å². The van der Waals surface area contributed by atoms with E-state index < -0.39 is 5.82 Å². The van der Waals surface area contributed by atoms with Crippen LogP contribution in [0.4, 0.5) is 4.39 Å². The van der Waals surface area contributed by atoms with Crippen molar-refractivity contribution in [2.24, 2.45) is 0 Å². The van der Waals surface area contributed by atoms with E-state index in [0.717, 1.165) is 11.8 Å². The summed E-state index contributed by atoms with van der Waals surface area (Å²) in [5.74, 6) is 5.09. The molecule has 0 atom stereocenters. The van der Waals surface area contributed by atoms with E-state index in [2.05, 4.69) is 32.8 Å². The van der Waals surface area contributed by atoms with Crippen LogP contribution in [0.15, 0.2) is 12.3 Å². The first-order chi connectivity index (χ1) is 6.24. The lowest BCUT2D eigenvalue weighted by Crippen LogP contribution is -1.84. The highest BCUT2D eigenvalue weighted by Gasteiger charge is 1.99. The van der Waals surface area contributed by atoms with Crippen molar-refractivity contribution in [2.75, 3.05) is 5.33 Å². The molecule has 0 spiro atoms. The lowest BCUT2D eigenvalue weighted by molar-refractivity contribution is 0.621. The van der Waals surface area contributed by atoms with Gasteiger partial charge in [0.2, 0.25) is 0 Å². The van der Waals surface area contributed by atoms with Crippen molar-refractivity contribution in [1.82, 2.24) is 4.98 Å². The second-order valence-corrected chi connectivity index (χ2v) is 3.39. The second-order valence-electron chi connectivity index (χ2n) is 2.24. The van der Waals surface area contributed by atoms with E-state index in [-0.39, 0.29) is 5.15 Å². The number of pyridine rings is 1. The molecule has 0 unspecified atom stereocenters. The minimum Gasteiger partial charge on any atom is -0.240 e. The molecule has 0 fully saturated rings. The Bertz CT molecular complexity index is 356. The SMILES string of the molecule is Fc1cc(C#CCCBr)cnc1Cl. The largest absolute Gasteiger partial charge is 0.240 e. The predicted molar refractivity (Wildman–Crippen MR) is 54.5 cm³/mol. The van der Waals surface area contributed by atoms with Crippen LogP contribution in [-0.4, -0.2) is 10.3 Å². The second kappa shape index (κ2) is 5.21. The summed E-state index contributed by atoms with van der Waals surface area (Å²) in [4.78, 5) is 3.63. The first-order valence-electron chi connectivity index (χ1n) is 3.60. The van der Waals surface area contributed by atoms with Crippen molar-refractivity contribution in [3.63, 3.8) is 0 Å². The molecular weight excluding hydrogens is 256 g/mol. The summed E-state index contributed by atoms with van der Waals surface area (Å²) in [7, 11) is 0. The van der Waals surface area contributed by atoms with Gasteiger partial charge in [-0.25, -0.2) is 9.37 Å². The molecule has 0 aliphatic heterocycles. The molecule has 1 heterocycles. The Kier molecular flexibility index (Phi) is 4.20. The summed E-state index contributed by atoms with van der Waals surface area (Å²) in [6.45, 7) is 0. The van der Waals surface area contributed by atoms with Crippen LogP contribution in [0, 0.1) is 17.7 Å². The first kappa shape index (κ1) is 10.5. The third-order valence-electron chi connectivity index (χ3n) is 1.25. The molecule has 1 aromatic rings. The molecule has 0 saturated carbocycles. The number of aromatic nitrogens is 1. The Balaban J connectivity index is 2.81. The molecule has 0 radical (unpaired) electrons. The lowest BCUT2D eigenvalue weighted by atomic mass is 10.3. The van der Waals surface area contributed by atoms with E-state index in [9.17, 15) is 4.39 Å². The topological polar surface area (TPSA) is 12.9 Å². The molecule has 0 aliphatic rings. The van der Waals surface area contributed by atoms with Gasteiger partial charge in [0.1, 0.15) is 0 Å². The van der Waals surface area contributed by atoms with Gasteiger partial charge in [0.25, 0.3) is 0 Å². The predicted octanol–water partition coefficient (Wildman–Crippen LogP) is 3.01. The van der Waals surface area contributed by atoms with Gasteiger partial charge in [-0.2, -0.15) is 0 Å². The van der Waals surface area contributed by atoms with E-state index >= 15 is 0 Å². The van der Waals surface area contributed by atoms with Gasteiger partial charge >= 0.3 is 0 Å². The maximum atomic E-state index is 12.8. The minimum absolute atomic E-state index is 0.119. The van der Waals surface area contributed by atoms with Crippen molar-refractivity contribution in [2.45, 2.75) is 6.42 Å². The summed E-state index contributed by atoms with van der Waals surface area (Å²) in [6, 6.07) is 1.27. The number of hydrogen-bond acceptors (Lipinski definition) is 1. The molecule has 0 amide bonds. The van der Waals surface area contributed by atoms with Crippen molar-refractivity contribution in [1.29, 1.82) is 0 Å². The van der Waals surface area contributed by atoms with E-state index in [1.165, 1.54) is 12.3 Å². The number of alkyl halides is 1. The molecule has 0 N–H and O–H groups in total. The maximum Gasteiger partial charge on any atom is 0.164 e. The van der Waals surface area contributed by atoms with Crippen LogP contribution < -0.4 is 0 Å². The molecule has 1 aromatic heterocycles. The Hall–Kier alpha value is -0.590. The molecular formula is C9H6BrClFN. The summed E-state index contributed by atoms with van der Waals surface area (Å²) in [6.07, 6.45) is 2.18. The first-order valence-corrected chi connectivity index (χ1v) is 5.10. The summed E-state index contributed by atoms with van der Waals surface area (Å²) in [5, 5.41) is 0.690. The average molecular weight is 263 g/mol. The lowest BCUT2D eigenvalue weighted by Gasteiger charge is -1.92. The number of hydrogen-bond donors (Lipinski definition) is 0. The van der Waals surface area contributed by atoms with Crippen LogP contribution in [-0.2, 0) is 0 Å². The van der Waals surface area contributed by atoms with Crippen LogP contribution in [0.1, 0.15) is 12.0 Å². The fourth-order valence-corrected chi connectivity index (χ4v) is 1.00. The van der Waals surface area contributed by atoms with Gasteiger partial charge in [-0.05, 0) is 6.07 Å². The van der Waals surface area contributed by atoms with E-state index in [0.29, 0.717) is 5.56 Å². The Labute approximate surface area is 89.4 Å². The molecule has 13 heavy (non-hydrogen) atoms. The van der Waals surface area contributed by atoms with Gasteiger partial charge in [-0.15, -0.1) is 0 Å². The monoisotopic (exact) mass is 261 g/mol. The zero-order chi connectivity index (χ0) is 9.68. The Morgan fingerprint density at radius 2 is 2.38 bits per heavy atom. The zero-order valence-corrected chi connectivity index (χ0v) is 8.99. The quantitative estimate of drug-likeness (QED) is 0.431. The third kappa shape index (κ3) is 3.33. The molecule has 68 valence electrons. The number of rotatable bonds is 1. The molecule has 4 heteroatoms. The van der Waals surface area contributed by atoms with Gasteiger partial charge in [0.05, 0.1) is 0 Å². The average Bonchev–Trinajstić information content (AvgIpc) is 2.12. The zero-order valence-electron chi connectivity index (χ0n) is 6.65. The number of halogens is 3. The van der Waals surface area contributed by atoms with Crippen molar-refractivity contribution in [3.8, 4) is 11.8 Å². The molecule has 1 nitrogen and oxygen atoms in total. The minimum atomic E-state index is -0.535. The molecule has 1 rings (SSSR count). The highest BCUT2D eigenvalue weighted by atomic mass is 79.9. The van der Waals surface area contributed by atoms with Crippen molar-refractivity contribution >= 4 is 27.5 Å². The smallest absolute Gasteiger partial charge is 0.164 e. The Morgan fingerprint density at radius 1 is 1.62 bits per heavy atom. The van der Waals surface area contributed by atoms with E-state index in [1.807, 2.05) is 0 Å². The summed E-state index contributed by atoms with van der Waals surface area (Å²) < 4.78 is 12.8.